The van der Waals surface area contributed by atoms with Crippen molar-refractivity contribution >= 4 is 87.7 Å². The summed E-state index contributed by atoms with van der Waals surface area (Å²) in [5.74, 6) is 3.24. The predicted molar refractivity (Wildman–Crippen MR) is 379 cm³/mol. The van der Waals surface area contributed by atoms with Crippen LogP contribution in [0.1, 0.15) is 129 Å². The van der Waals surface area contributed by atoms with Crippen molar-refractivity contribution in [2.75, 3.05) is 0 Å². The van der Waals surface area contributed by atoms with Gasteiger partial charge in [0.2, 0.25) is 0 Å². The van der Waals surface area contributed by atoms with Crippen molar-refractivity contribution in [3.05, 3.63) is 264 Å². The van der Waals surface area contributed by atoms with Crippen molar-refractivity contribution in [3.63, 3.8) is 0 Å². The zero-order valence-electron chi connectivity index (χ0n) is 54.7. The third-order valence-electron chi connectivity index (χ3n) is 18.6. The minimum Gasteiger partial charge on any atom is -0.306 e. The van der Waals surface area contributed by atoms with Crippen LogP contribution in [0.4, 0.5) is 0 Å². The largest absolute Gasteiger partial charge is 0.306 e. The molecule has 12 nitrogen and oxygen atoms in total. The first-order valence-corrected chi connectivity index (χ1v) is 32.1. The van der Waals surface area contributed by atoms with E-state index in [1.54, 1.807) is 0 Å². The fraction of sp³-hybridized carbons (Fsp3) is 0.210. The van der Waals surface area contributed by atoms with Crippen LogP contribution < -0.4 is 0 Å². The maximum Gasteiger partial charge on any atom is 0.134 e. The SMILES string of the molecule is CC(C)(C)c1ncc2c(n1)c1ccccc1n2-c1ccc(C(c2ccc(-n3c4ccccc4c4nc(C(C)(C)C)ncc43)cc2)(c2ccc(-n3c4ccccc4c4nc(C(C)(C)C)ncc43)cc2)c2ccc(-n3c4ccccc4c4nc(C(C)(C)C)ncc43)cc2)cc1. The molecule has 0 fully saturated rings. The Balaban J connectivity index is 0.944. The van der Waals surface area contributed by atoms with Crippen molar-refractivity contribution in [3.8, 4) is 22.7 Å². The molecular formula is C81H72N12. The van der Waals surface area contributed by atoms with E-state index >= 15 is 0 Å². The minimum absolute atomic E-state index is 0.229. The van der Waals surface area contributed by atoms with Gasteiger partial charge in [0.25, 0.3) is 0 Å². The highest BCUT2D eigenvalue weighted by molar-refractivity contribution is 6.10. The molecule has 12 heteroatoms. The molecule has 16 rings (SSSR count). The zero-order valence-corrected chi connectivity index (χ0v) is 54.7. The number of fused-ring (bicyclic) bond motifs is 12. The Morgan fingerprint density at radius 1 is 0.226 bits per heavy atom. The summed E-state index contributed by atoms with van der Waals surface area (Å²) in [6.45, 7) is 26.0. The van der Waals surface area contributed by atoms with E-state index in [-0.39, 0.29) is 21.7 Å². The van der Waals surface area contributed by atoms with E-state index < -0.39 is 5.41 Å². The molecule has 0 aliphatic heterocycles. The van der Waals surface area contributed by atoms with Crippen molar-refractivity contribution in [2.45, 2.75) is 110 Å². The van der Waals surface area contributed by atoms with Crippen LogP contribution in [0.5, 0.6) is 0 Å². The van der Waals surface area contributed by atoms with Gasteiger partial charge in [-0.05, 0) is 95.1 Å². The molecule has 0 aliphatic carbocycles. The molecule has 8 aromatic heterocycles. The molecule has 0 aliphatic rings. The maximum absolute atomic E-state index is 5.26. The van der Waals surface area contributed by atoms with E-state index in [4.69, 9.17) is 39.9 Å². The third-order valence-corrected chi connectivity index (χ3v) is 18.6. The Morgan fingerprint density at radius 3 is 0.613 bits per heavy atom. The van der Waals surface area contributed by atoms with Crippen LogP contribution in [0, 0.1) is 0 Å². The highest BCUT2D eigenvalue weighted by Gasteiger charge is 2.40. The Labute approximate surface area is 540 Å². The Kier molecular flexibility index (Phi) is 12.8. The van der Waals surface area contributed by atoms with Gasteiger partial charge in [-0.1, -0.05) is 204 Å². The fourth-order valence-corrected chi connectivity index (χ4v) is 13.9. The molecule has 456 valence electrons. The van der Waals surface area contributed by atoms with Crippen LogP contribution in [-0.2, 0) is 27.1 Å². The lowest BCUT2D eigenvalue weighted by atomic mass is 9.65. The summed E-state index contributed by atoms with van der Waals surface area (Å²) in [7, 11) is 0. The standard InChI is InChI=1S/C81H72N12/c1-77(2,3)73-82-45-65-69(86-73)57-21-13-17-25-61(57)90(65)53-37-29-49(30-38-53)81(50-31-39-54(40-32-50)91-62-26-18-14-22-58(62)70-66(91)46-83-74(87-70)78(4,5)6,51-33-41-55(42-34-51)92-63-27-19-15-23-59(63)71-67(92)47-84-75(88-71)79(7,8)9)52-35-43-56(44-36-52)93-64-28-20-16-24-60(64)72-68(93)48-85-76(89-72)80(10,11)12/h13-48H,1-12H3. The van der Waals surface area contributed by atoms with E-state index in [1.165, 1.54) is 0 Å². The van der Waals surface area contributed by atoms with Gasteiger partial charge in [0.1, 0.15) is 45.4 Å². The number of benzene rings is 8. The number of hydrogen-bond acceptors (Lipinski definition) is 8. The van der Waals surface area contributed by atoms with Crippen LogP contribution in [0.15, 0.2) is 219 Å². The molecule has 0 amide bonds. The lowest BCUT2D eigenvalue weighted by molar-refractivity contribution is 0.548. The van der Waals surface area contributed by atoms with Gasteiger partial charge in [-0.25, -0.2) is 39.9 Å². The zero-order chi connectivity index (χ0) is 64.1. The number of nitrogens with zero attached hydrogens (tertiary/aromatic N) is 12. The summed E-state index contributed by atoms with van der Waals surface area (Å²) < 4.78 is 9.22. The van der Waals surface area contributed by atoms with Crippen LogP contribution in [0.25, 0.3) is 110 Å². The summed E-state index contributed by atoms with van der Waals surface area (Å²) >= 11 is 0. The van der Waals surface area contributed by atoms with Crippen molar-refractivity contribution < 1.29 is 0 Å². The van der Waals surface area contributed by atoms with Crippen LogP contribution in [-0.4, -0.2) is 58.1 Å². The molecule has 8 heterocycles. The summed E-state index contributed by atoms with van der Waals surface area (Å²) in [6, 6.07) is 70.9. The molecule has 0 saturated heterocycles. The highest BCUT2D eigenvalue weighted by Crippen LogP contribution is 2.48. The number of para-hydroxylation sites is 4. The normalized spacial score (nSPS) is 12.9. The van der Waals surface area contributed by atoms with Crippen LogP contribution in [0.2, 0.25) is 0 Å². The average molecular weight is 1210 g/mol. The lowest BCUT2D eigenvalue weighted by Crippen LogP contribution is -2.31. The number of rotatable bonds is 8. The smallest absolute Gasteiger partial charge is 0.134 e. The quantitative estimate of drug-likeness (QED) is 0.138. The van der Waals surface area contributed by atoms with Crippen molar-refractivity contribution in [2.24, 2.45) is 0 Å². The molecule has 0 N–H and O–H groups in total. The summed E-state index contributed by atoms with van der Waals surface area (Å²) in [5.41, 5.74) is 18.2. The topological polar surface area (TPSA) is 123 Å². The van der Waals surface area contributed by atoms with E-state index in [1.807, 2.05) is 24.8 Å². The van der Waals surface area contributed by atoms with Crippen LogP contribution in [0.3, 0.4) is 0 Å². The molecule has 8 aromatic carbocycles. The van der Waals surface area contributed by atoms with Crippen LogP contribution >= 0.6 is 0 Å². The second-order valence-corrected chi connectivity index (χ2v) is 29.1. The second-order valence-electron chi connectivity index (χ2n) is 29.1. The molecule has 0 unspecified atom stereocenters. The van der Waals surface area contributed by atoms with E-state index in [9.17, 15) is 0 Å². The average Bonchev–Trinajstić information content (AvgIpc) is 1.75. The van der Waals surface area contributed by atoms with E-state index in [0.29, 0.717) is 0 Å². The van der Waals surface area contributed by atoms with Gasteiger partial charge >= 0.3 is 0 Å². The summed E-state index contributed by atoms with van der Waals surface area (Å²) in [6.07, 6.45) is 7.99. The predicted octanol–water partition coefficient (Wildman–Crippen LogP) is 18.8. The second kappa shape index (κ2) is 20.6. The summed E-state index contributed by atoms with van der Waals surface area (Å²) in [5, 5.41) is 4.32. The Hall–Kier alpha value is -10.7. The number of hydrogen-bond donors (Lipinski definition) is 0. The van der Waals surface area contributed by atoms with Gasteiger partial charge in [0.05, 0.1) is 74.3 Å². The van der Waals surface area contributed by atoms with Gasteiger partial charge in [-0.2, -0.15) is 0 Å². The molecule has 0 radical (unpaired) electrons. The summed E-state index contributed by atoms with van der Waals surface area (Å²) in [4.78, 5) is 41.0. The first kappa shape index (κ1) is 57.4. The molecule has 0 bridgehead atoms. The molecule has 16 aromatic rings. The maximum atomic E-state index is 5.26. The highest BCUT2D eigenvalue weighted by atomic mass is 15.1. The van der Waals surface area contributed by atoms with Gasteiger partial charge in [0.15, 0.2) is 0 Å². The van der Waals surface area contributed by atoms with E-state index in [2.05, 4.69) is 295 Å². The monoisotopic (exact) mass is 1210 g/mol. The van der Waals surface area contributed by atoms with Gasteiger partial charge in [-0.3, -0.25) is 0 Å². The molecule has 0 spiro atoms. The van der Waals surface area contributed by atoms with Crippen molar-refractivity contribution in [1.29, 1.82) is 0 Å². The first-order chi connectivity index (χ1) is 44.6. The first-order valence-electron chi connectivity index (χ1n) is 32.1. The minimum atomic E-state index is -0.928. The Bertz CT molecular complexity index is 4930. The number of aromatic nitrogens is 12. The molecule has 93 heavy (non-hydrogen) atoms. The molecular weight excluding hydrogens is 1140 g/mol. The van der Waals surface area contributed by atoms with Crippen molar-refractivity contribution in [1.82, 2.24) is 58.1 Å². The fourth-order valence-electron chi connectivity index (χ4n) is 13.9. The van der Waals surface area contributed by atoms with Gasteiger partial charge in [-0.15, -0.1) is 0 Å². The van der Waals surface area contributed by atoms with E-state index in [0.717, 1.165) is 156 Å². The Morgan fingerprint density at radius 2 is 0.419 bits per heavy atom. The molecule has 0 saturated carbocycles. The molecule has 0 atom stereocenters. The lowest BCUT2D eigenvalue weighted by Gasteiger charge is -2.37. The van der Waals surface area contributed by atoms with Gasteiger partial charge < -0.3 is 18.3 Å². The third kappa shape index (κ3) is 9.07. The van der Waals surface area contributed by atoms with Gasteiger partial charge in [0, 0.05) is 66.0 Å².